The van der Waals surface area contributed by atoms with Gasteiger partial charge in [-0.25, -0.2) is 4.98 Å². The van der Waals surface area contributed by atoms with Crippen LogP contribution in [0, 0.1) is 5.92 Å². The number of anilines is 6. The summed E-state index contributed by atoms with van der Waals surface area (Å²) in [5, 5.41) is 7.02. The van der Waals surface area contributed by atoms with E-state index in [2.05, 4.69) is 79.7 Å². The zero-order valence-electron chi connectivity index (χ0n) is 28.2. The monoisotopic (exact) mass is 732 g/mol. The van der Waals surface area contributed by atoms with Crippen molar-refractivity contribution in [2.75, 3.05) is 86.6 Å². The number of piperidine rings is 1. The Morgan fingerprint density at radius 3 is 2.46 bits per heavy atom. The zero-order valence-corrected chi connectivity index (χ0v) is 30.6. The Labute approximate surface area is 296 Å². The lowest BCUT2D eigenvalue weighted by molar-refractivity contribution is 0.0982. The van der Waals surface area contributed by atoms with Crippen LogP contribution in [0.15, 0.2) is 47.3 Å². The largest absolute Gasteiger partial charge is 0.494 e. The SMILES string of the molecule is COc1cc(N2CCC(N3CCN(C)CC3)CC2)c(CC2CC2)cc1Nc1ncc(Br)c(Nc2ccc3nccnc3c2N(C)SC)n1. The highest BCUT2D eigenvalue weighted by molar-refractivity contribution is 9.10. The highest BCUT2D eigenvalue weighted by atomic mass is 79.9. The van der Waals surface area contributed by atoms with Crippen molar-refractivity contribution >= 4 is 73.4 Å². The molecule has 0 spiro atoms. The number of methoxy groups -OCH3 is 1. The second-order valence-electron chi connectivity index (χ2n) is 13.1. The number of rotatable bonds is 11. The molecule has 2 aromatic heterocycles. The van der Waals surface area contributed by atoms with Gasteiger partial charge in [-0.1, -0.05) is 11.9 Å². The van der Waals surface area contributed by atoms with E-state index >= 15 is 0 Å². The molecule has 0 unspecified atom stereocenters. The molecule has 11 nitrogen and oxygen atoms in total. The molecule has 4 heterocycles. The van der Waals surface area contributed by atoms with E-state index in [4.69, 9.17) is 9.72 Å². The average Bonchev–Trinajstić information content (AvgIpc) is 3.94. The van der Waals surface area contributed by atoms with E-state index in [9.17, 15) is 0 Å². The van der Waals surface area contributed by atoms with Crippen LogP contribution < -0.4 is 24.6 Å². The van der Waals surface area contributed by atoms with Crippen molar-refractivity contribution in [1.82, 2.24) is 29.7 Å². The van der Waals surface area contributed by atoms with E-state index in [-0.39, 0.29) is 0 Å². The fourth-order valence-electron chi connectivity index (χ4n) is 6.93. The lowest BCUT2D eigenvalue weighted by Gasteiger charge is -2.43. The first-order valence-electron chi connectivity index (χ1n) is 16.9. The lowest BCUT2D eigenvalue weighted by atomic mass is 9.98. The van der Waals surface area contributed by atoms with Gasteiger partial charge in [0, 0.05) is 89.0 Å². The Balaban J connectivity index is 1.13. The molecule has 0 radical (unpaired) electrons. The minimum absolute atomic E-state index is 0.484. The summed E-state index contributed by atoms with van der Waals surface area (Å²) in [6, 6.07) is 9.17. The fraction of sp³-hybridized carbons (Fsp3) is 0.486. The van der Waals surface area contributed by atoms with Crippen LogP contribution in [0.1, 0.15) is 31.2 Å². The van der Waals surface area contributed by atoms with Crippen molar-refractivity contribution in [3.8, 4) is 5.75 Å². The molecule has 7 rings (SSSR count). The van der Waals surface area contributed by atoms with Gasteiger partial charge in [-0.15, -0.1) is 0 Å². The third-order valence-electron chi connectivity index (χ3n) is 9.91. The molecule has 13 heteroatoms. The summed E-state index contributed by atoms with van der Waals surface area (Å²) in [6.07, 6.45) is 13.3. The number of hydrogen-bond donors (Lipinski definition) is 2. The van der Waals surface area contributed by atoms with Crippen molar-refractivity contribution < 1.29 is 4.74 Å². The Kier molecular flexibility index (Phi) is 10.1. The molecule has 2 saturated heterocycles. The van der Waals surface area contributed by atoms with E-state index in [0.717, 1.165) is 63.7 Å². The highest BCUT2D eigenvalue weighted by Crippen LogP contribution is 2.42. The number of nitrogens with zero attached hydrogens (tertiary/aromatic N) is 8. The molecule has 3 fully saturated rings. The second-order valence-corrected chi connectivity index (χ2v) is 14.9. The summed E-state index contributed by atoms with van der Waals surface area (Å²) < 4.78 is 8.82. The number of aromatic nitrogens is 4. The second kappa shape index (κ2) is 14.6. The summed E-state index contributed by atoms with van der Waals surface area (Å²) in [6.45, 7) is 6.86. The van der Waals surface area contributed by atoms with Crippen LogP contribution in [0.3, 0.4) is 0 Å². The van der Waals surface area contributed by atoms with Gasteiger partial charge in [0.2, 0.25) is 5.95 Å². The molecule has 2 aromatic carbocycles. The first-order valence-corrected chi connectivity index (χ1v) is 18.8. The van der Waals surface area contributed by atoms with Crippen molar-refractivity contribution in [2.24, 2.45) is 5.92 Å². The Bertz CT molecular complexity index is 1740. The number of fused-ring (bicyclic) bond motifs is 1. The summed E-state index contributed by atoms with van der Waals surface area (Å²) in [4.78, 5) is 26.4. The first kappa shape index (κ1) is 33.1. The Morgan fingerprint density at radius 1 is 0.958 bits per heavy atom. The number of piperazine rings is 1. The van der Waals surface area contributed by atoms with Gasteiger partial charge in [0.05, 0.1) is 34.2 Å². The molecular formula is C35H45BrN10OS. The van der Waals surface area contributed by atoms with E-state index in [0.29, 0.717) is 17.8 Å². The Morgan fingerprint density at radius 2 is 1.73 bits per heavy atom. The van der Waals surface area contributed by atoms with Crippen molar-refractivity contribution in [3.05, 3.63) is 52.9 Å². The zero-order chi connectivity index (χ0) is 33.2. The summed E-state index contributed by atoms with van der Waals surface area (Å²) in [5.74, 6) is 2.68. The van der Waals surface area contributed by atoms with E-state index in [1.165, 1.54) is 63.1 Å². The molecule has 0 bridgehead atoms. The van der Waals surface area contributed by atoms with Gasteiger partial charge >= 0.3 is 0 Å². The Hall–Kier alpha value is -3.39. The molecule has 254 valence electrons. The minimum atomic E-state index is 0.484. The van der Waals surface area contributed by atoms with Crippen molar-refractivity contribution in [1.29, 1.82) is 0 Å². The molecule has 2 aliphatic heterocycles. The van der Waals surface area contributed by atoms with Crippen molar-refractivity contribution in [2.45, 2.75) is 38.1 Å². The first-order chi connectivity index (χ1) is 23.4. The van der Waals surface area contributed by atoms with Crippen LogP contribution in [-0.2, 0) is 6.42 Å². The molecule has 0 atom stereocenters. The van der Waals surface area contributed by atoms with Crippen LogP contribution in [0.5, 0.6) is 5.75 Å². The molecule has 1 aliphatic carbocycles. The van der Waals surface area contributed by atoms with Crippen LogP contribution >= 0.6 is 27.9 Å². The third-order valence-corrected chi connectivity index (χ3v) is 11.2. The smallest absolute Gasteiger partial charge is 0.229 e. The standard InChI is InChI=1S/C35H45BrN10OS/c1-43-15-17-45(18-16-43)25-9-13-46(14-10-25)30-21-31(47-3)29(20-24(30)19-23-5-6-23)41-35-39-22-26(36)34(42-35)40-28-8-7-27-32(38-12-11-37-27)33(28)44(2)48-4/h7-8,11-12,20-23,25H,5-6,9-10,13-19H2,1-4H3,(H2,39,40,41,42). The van der Waals surface area contributed by atoms with Gasteiger partial charge in [0.15, 0.2) is 0 Å². The van der Waals surface area contributed by atoms with Gasteiger partial charge in [0.25, 0.3) is 0 Å². The maximum Gasteiger partial charge on any atom is 0.229 e. The number of ether oxygens (including phenoxy) is 1. The maximum atomic E-state index is 5.99. The number of nitrogens with one attached hydrogen (secondary N) is 2. The average molecular weight is 734 g/mol. The molecule has 4 aromatic rings. The fourth-order valence-corrected chi connectivity index (χ4v) is 7.58. The van der Waals surface area contributed by atoms with Crippen LogP contribution in [0.25, 0.3) is 11.0 Å². The predicted molar refractivity (Wildman–Crippen MR) is 201 cm³/mol. The predicted octanol–water partition coefficient (Wildman–Crippen LogP) is 6.56. The normalized spacial score (nSPS) is 17.9. The number of benzene rings is 2. The van der Waals surface area contributed by atoms with Crippen LogP contribution in [0.4, 0.5) is 34.5 Å². The lowest BCUT2D eigenvalue weighted by Crippen LogP contribution is -2.52. The maximum absolute atomic E-state index is 5.99. The molecule has 3 aliphatic rings. The molecule has 0 amide bonds. The van der Waals surface area contributed by atoms with E-state index < -0.39 is 0 Å². The van der Waals surface area contributed by atoms with E-state index in [1.807, 2.05) is 25.4 Å². The summed E-state index contributed by atoms with van der Waals surface area (Å²) in [7, 11) is 5.99. The van der Waals surface area contributed by atoms with Gasteiger partial charge in [-0.3, -0.25) is 14.9 Å². The summed E-state index contributed by atoms with van der Waals surface area (Å²) >= 11 is 5.27. The van der Waals surface area contributed by atoms with Crippen molar-refractivity contribution in [3.63, 3.8) is 0 Å². The van der Waals surface area contributed by atoms with Gasteiger partial charge in [-0.05, 0) is 84.8 Å². The van der Waals surface area contributed by atoms with Crippen LogP contribution in [0.2, 0.25) is 0 Å². The summed E-state index contributed by atoms with van der Waals surface area (Å²) in [5.41, 5.74) is 7.01. The molecular weight excluding hydrogens is 688 g/mol. The quantitative estimate of drug-likeness (QED) is 0.164. The minimum Gasteiger partial charge on any atom is -0.494 e. The topological polar surface area (TPSA) is 97.8 Å². The molecule has 2 N–H and O–H groups in total. The number of hydrogen-bond acceptors (Lipinski definition) is 12. The van der Waals surface area contributed by atoms with E-state index in [1.54, 1.807) is 37.6 Å². The van der Waals surface area contributed by atoms with Gasteiger partial charge < -0.3 is 29.5 Å². The van der Waals surface area contributed by atoms with Gasteiger partial charge in [0.1, 0.15) is 17.1 Å². The number of likely N-dealkylation sites (N-methyl/N-ethyl adjacent to an activating group) is 1. The molecule has 48 heavy (non-hydrogen) atoms. The highest BCUT2D eigenvalue weighted by Gasteiger charge is 2.30. The number of halogens is 1. The third kappa shape index (κ3) is 7.29. The van der Waals surface area contributed by atoms with Gasteiger partial charge in [-0.2, -0.15) is 4.98 Å². The molecule has 1 saturated carbocycles. The van der Waals surface area contributed by atoms with Crippen LogP contribution in [-0.4, -0.2) is 103 Å².